The van der Waals surface area contributed by atoms with Gasteiger partial charge in [0, 0.05) is 6.54 Å². The van der Waals surface area contributed by atoms with Gasteiger partial charge in [0.25, 0.3) is 0 Å². The molecule has 0 saturated carbocycles. The molecule has 1 saturated heterocycles. The van der Waals surface area contributed by atoms with Crippen LogP contribution in [0.3, 0.4) is 0 Å². The standard InChI is InChI=1S/C15H21NO3/c1-12-5-3-6-13(9-12)18-11-15(17)19-14-7-4-8-16(2)10-14/h3,5-6,9,14H,4,7-8,10-11H2,1-2H3/t14-/m0/s1. The van der Waals surface area contributed by atoms with Gasteiger partial charge >= 0.3 is 5.97 Å². The van der Waals surface area contributed by atoms with Gasteiger partial charge in [-0.2, -0.15) is 0 Å². The van der Waals surface area contributed by atoms with Crippen LogP contribution in [0.15, 0.2) is 24.3 Å². The van der Waals surface area contributed by atoms with Crippen molar-refractivity contribution in [3.63, 3.8) is 0 Å². The Bertz CT molecular complexity index is 433. The van der Waals surface area contributed by atoms with Crippen LogP contribution in [0.1, 0.15) is 18.4 Å². The number of piperidine rings is 1. The molecule has 0 amide bonds. The molecule has 1 aliphatic heterocycles. The van der Waals surface area contributed by atoms with E-state index in [2.05, 4.69) is 4.90 Å². The van der Waals surface area contributed by atoms with Crippen LogP contribution < -0.4 is 4.74 Å². The van der Waals surface area contributed by atoms with Gasteiger partial charge in [-0.15, -0.1) is 0 Å². The Labute approximate surface area is 114 Å². The van der Waals surface area contributed by atoms with E-state index in [1.165, 1.54) is 0 Å². The van der Waals surface area contributed by atoms with Crippen LogP contribution in [0.5, 0.6) is 5.75 Å². The highest BCUT2D eigenvalue weighted by Gasteiger charge is 2.20. The fourth-order valence-corrected chi connectivity index (χ4v) is 2.28. The van der Waals surface area contributed by atoms with Gasteiger partial charge in [0.15, 0.2) is 6.61 Å². The molecule has 0 aliphatic carbocycles. The molecule has 1 aliphatic rings. The third-order valence-electron chi connectivity index (χ3n) is 3.23. The number of aryl methyl sites for hydroxylation is 1. The first-order valence-corrected chi connectivity index (χ1v) is 6.71. The lowest BCUT2D eigenvalue weighted by atomic mass is 10.1. The molecule has 0 aromatic heterocycles. The van der Waals surface area contributed by atoms with Gasteiger partial charge in [0.1, 0.15) is 11.9 Å². The van der Waals surface area contributed by atoms with Crippen LogP contribution in [-0.4, -0.2) is 43.7 Å². The SMILES string of the molecule is Cc1cccc(OCC(=O)O[C@H]2CCCN(C)C2)c1. The second-order valence-electron chi connectivity index (χ2n) is 5.12. The summed E-state index contributed by atoms with van der Waals surface area (Å²) >= 11 is 0. The van der Waals surface area contributed by atoms with Crippen LogP contribution in [0.4, 0.5) is 0 Å². The van der Waals surface area contributed by atoms with Crippen molar-refractivity contribution < 1.29 is 14.3 Å². The predicted octanol–water partition coefficient (Wildman–Crippen LogP) is 2.01. The van der Waals surface area contributed by atoms with E-state index in [-0.39, 0.29) is 18.7 Å². The molecule has 2 rings (SSSR count). The van der Waals surface area contributed by atoms with Gasteiger partial charge in [-0.3, -0.25) is 0 Å². The molecule has 104 valence electrons. The Balaban J connectivity index is 1.75. The number of likely N-dealkylation sites (tertiary alicyclic amines) is 1. The van der Waals surface area contributed by atoms with Crippen LogP contribution in [0.2, 0.25) is 0 Å². The number of hydrogen-bond acceptors (Lipinski definition) is 4. The van der Waals surface area contributed by atoms with Crippen molar-refractivity contribution in [2.45, 2.75) is 25.9 Å². The molecular weight excluding hydrogens is 242 g/mol. The molecule has 4 heteroatoms. The van der Waals surface area contributed by atoms with Crippen molar-refractivity contribution in [1.29, 1.82) is 0 Å². The van der Waals surface area contributed by atoms with Crippen molar-refractivity contribution in [3.05, 3.63) is 29.8 Å². The average Bonchev–Trinajstić information content (AvgIpc) is 2.36. The van der Waals surface area contributed by atoms with Crippen LogP contribution in [0.25, 0.3) is 0 Å². The monoisotopic (exact) mass is 263 g/mol. The van der Waals surface area contributed by atoms with E-state index in [1.54, 1.807) is 0 Å². The second kappa shape index (κ2) is 6.57. The Morgan fingerprint density at radius 1 is 1.47 bits per heavy atom. The first-order valence-electron chi connectivity index (χ1n) is 6.71. The first-order chi connectivity index (χ1) is 9.13. The highest BCUT2D eigenvalue weighted by atomic mass is 16.6. The lowest BCUT2D eigenvalue weighted by molar-refractivity contribution is -0.153. The molecule has 0 radical (unpaired) electrons. The van der Waals surface area contributed by atoms with Gasteiger partial charge in [0.2, 0.25) is 0 Å². The smallest absolute Gasteiger partial charge is 0.344 e. The molecule has 0 unspecified atom stereocenters. The number of rotatable bonds is 4. The summed E-state index contributed by atoms with van der Waals surface area (Å²) in [4.78, 5) is 13.9. The highest BCUT2D eigenvalue weighted by Crippen LogP contribution is 2.14. The van der Waals surface area contributed by atoms with Gasteiger partial charge < -0.3 is 14.4 Å². The van der Waals surface area contributed by atoms with Crippen molar-refractivity contribution >= 4 is 5.97 Å². The third-order valence-corrected chi connectivity index (χ3v) is 3.23. The van der Waals surface area contributed by atoms with Crippen molar-refractivity contribution in [1.82, 2.24) is 4.90 Å². The molecule has 1 atom stereocenters. The van der Waals surface area contributed by atoms with E-state index in [0.717, 1.165) is 31.5 Å². The molecule has 4 nitrogen and oxygen atoms in total. The van der Waals surface area contributed by atoms with E-state index in [4.69, 9.17) is 9.47 Å². The first kappa shape index (κ1) is 13.9. The minimum atomic E-state index is -0.290. The maximum atomic E-state index is 11.7. The molecule has 1 aromatic carbocycles. The maximum absolute atomic E-state index is 11.7. The molecule has 1 fully saturated rings. The largest absolute Gasteiger partial charge is 0.482 e. The topological polar surface area (TPSA) is 38.8 Å². The van der Waals surface area contributed by atoms with Crippen molar-refractivity contribution in [2.75, 3.05) is 26.7 Å². The number of esters is 1. The number of hydrogen-bond donors (Lipinski definition) is 0. The lowest BCUT2D eigenvalue weighted by Gasteiger charge is -2.29. The van der Waals surface area contributed by atoms with E-state index in [1.807, 2.05) is 38.2 Å². The fourth-order valence-electron chi connectivity index (χ4n) is 2.28. The Hall–Kier alpha value is -1.55. The summed E-state index contributed by atoms with van der Waals surface area (Å²) in [6, 6.07) is 7.64. The van der Waals surface area contributed by atoms with E-state index < -0.39 is 0 Å². The van der Waals surface area contributed by atoms with Gasteiger partial charge in [-0.05, 0) is 51.1 Å². The van der Waals surface area contributed by atoms with Gasteiger partial charge in [-0.25, -0.2) is 4.79 Å². The van der Waals surface area contributed by atoms with Crippen LogP contribution in [-0.2, 0) is 9.53 Å². The second-order valence-corrected chi connectivity index (χ2v) is 5.12. The van der Waals surface area contributed by atoms with Crippen molar-refractivity contribution in [2.24, 2.45) is 0 Å². The molecule has 0 N–H and O–H groups in total. The molecule has 19 heavy (non-hydrogen) atoms. The molecule has 1 aromatic rings. The third kappa shape index (κ3) is 4.56. The summed E-state index contributed by atoms with van der Waals surface area (Å²) in [7, 11) is 2.04. The Kier molecular flexibility index (Phi) is 4.80. The normalized spacial score (nSPS) is 20.0. The van der Waals surface area contributed by atoms with Crippen molar-refractivity contribution in [3.8, 4) is 5.75 Å². The number of ether oxygens (including phenoxy) is 2. The summed E-state index contributed by atoms with van der Waals surface area (Å²) < 4.78 is 10.8. The summed E-state index contributed by atoms with van der Waals surface area (Å²) in [5.41, 5.74) is 1.11. The number of nitrogens with zero attached hydrogens (tertiary/aromatic N) is 1. The summed E-state index contributed by atoms with van der Waals surface area (Å²) in [5, 5.41) is 0. The van der Waals surface area contributed by atoms with Crippen LogP contribution in [0, 0.1) is 6.92 Å². The quantitative estimate of drug-likeness (QED) is 0.779. The summed E-state index contributed by atoms with van der Waals surface area (Å²) in [6.07, 6.45) is 2.03. The fraction of sp³-hybridized carbons (Fsp3) is 0.533. The summed E-state index contributed by atoms with van der Waals surface area (Å²) in [5.74, 6) is 0.416. The Morgan fingerprint density at radius 2 is 2.32 bits per heavy atom. The highest BCUT2D eigenvalue weighted by molar-refractivity contribution is 5.71. The number of likely N-dealkylation sites (N-methyl/N-ethyl adjacent to an activating group) is 1. The lowest BCUT2D eigenvalue weighted by Crippen LogP contribution is -2.38. The molecule has 1 heterocycles. The molecule has 0 spiro atoms. The van der Waals surface area contributed by atoms with Gasteiger partial charge in [0.05, 0.1) is 0 Å². The zero-order valence-electron chi connectivity index (χ0n) is 11.6. The number of benzene rings is 1. The number of carbonyl (C=O) groups excluding carboxylic acids is 1. The average molecular weight is 263 g/mol. The Morgan fingerprint density at radius 3 is 3.05 bits per heavy atom. The van der Waals surface area contributed by atoms with Crippen LogP contribution >= 0.6 is 0 Å². The minimum absolute atomic E-state index is 0.00681. The minimum Gasteiger partial charge on any atom is -0.482 e. The molecule has 0 bridgehead atoms. The number of carbonyl (C=O) groups is 1. The maximum Gasteiger partial charge on any atom is 0.344 e. The van der Waals surface area contributed by atoms with E-state index in [0.29, 0.717) is 5.75 Å². The summed E-state index contributed by atoms with van der Waals surface area (Å²) in [6.45, 7) is 3.86. The predicted molar refractivity (Wildman–Crippen MR) is 73.3 cm³/mol. The van der Waals surface area contributed by atoms with E-state index >= 15 is 0 Å². The van der Waals surface area contributed by atoms with E-state index in [9.17, 15) is 4.79 Å². The molecular formula is C15H21NO3. The van der Waals surface area contributed by atoms with Gasteiger partial charge in [-0.1, -0.05) is 12.1 Å². The zero-order chi connectivity index (χ0) is 13.7. The zero-order valence-corrected chi connectivity index (χ0v) is 11.6.